The van der Waals surface area contributed by atoms with Gasteiger partial charge in [-0.05, 0) is 45.1 Å². The largest absolute Gasteiger partial charge is 0.339 e. The van der Waals surface area contributed by atoms with E-state index in [1.807, 2.05) is 11.9 Å². The van der Waals surface area contributed by atoms with Gasteiger partial charge in [0.25, 0.3) is 0 Å². The Morgan fingerprint density at radius 1 is 1.32 bits per heavy atom. The number of carbonyl (C=O) groups is 1. The van der Waals surface area contributed by atoms with Crippen molar-refractivity contribution in [3.05, 3.63) is 15.6 Å². The average Bonchev–Trinajstić information content (AvgIpc) is 3.06. The lowest BCUT2D eigenvalue weighted by Gasteiger charge is -2.18. The number of nitrogens with one attached hydrogen (secondary N) is 1. The van der Waals surface area contributed by atoms with E-state index in [0.717, 1.165) is 24.4 Å². The maximum Gasteiger partial charge on any atom is 0.224 e. The number of aryl methyl sites for hydroxylation is 2. The molecule has 2 heterocycles. The molecule has 1 aliphatic carbocycles. The van der Waals surface area contributed by atoms with Crippen LogP contribution in [0.3, 0.4) is 0 Å². The van der Waals surface area contributed by atoms with Gasteiger partial charge in [0.1, 0.15) is 5.01 Å². The fourth-order valence-electron chi connectivity index (χ4n) is 3.06. The van der Waals surface area contributed by atoms with E-state index in [0.29, 0.717) is 19.0 Å². The number of nitrogens with zero attached hydrogens (tertiary/aromatic N) is 2. The number of aromatic nitrogens is 1. The van der Waals surface area contributed by atoms with Crippen LogP contribution in [0.4, 0.5) is 0 Å². The molecule has 4 nitrogen and oxygen atoms in total. The fourth-order valence-corrected chi connectivity index (χ4v) is 4.27. The molecule has 0 saturated carbocycles. The Balaban J connectivity index is 0.00000121. The summed E-state index contributed by atoms with van der Waals surface area (Å²) in [6.07, 6.45) is 7.80. The molecule has 1 unspecified atom stereocenters. The summed E-state index contributed by atoms with van der Waals surface area (Å²) >= 11 is 1.80. The Bertz CT molecular complexity index is 466. The first-order valence-corrected chi connectivity index (χ1v) is 8.49. The molecule has 1 aromatic rings. The first kappa shape index (κ1) is 19.7. The normalized spacial score (nSPS) is 19.8. The van der Waals surface area contributed by atoms with Gasteiger partial charge in [0.2, 0.25) is 5.91 Å². The van der Waals surface area contributed by atoms with Crippen LogP contribution in [0.5, 0.6) is 0 Å². The molecule has 1 aromatic heterocycles. The van der Waals surface area contributed by atoms with Gasteiger partial charge < -0.3 is 10.2 Å². The summed E-state index contributed by atoms with van der Waals surface area (Å²) in [5.74, 6) is 0.234. The molecule has 1 aliphatic heterocycles. The van der Waals surface area contributed by atoms with Gasteiger partial charge in [-0.25, -0.2) is 4.98 Å². The number of rotatable bonds is 4. The van der Waals surface area contributed by atoms with Crippen LogP contribution in [0.25, 0.3) is 0 Å². The Labute approximate surface area is 148 Å². The third kappa shape index (κ3) is 4.82. The lowest BCUT2D eigenvalue weighted by atomic mass is 10.0. The molecule has 0 spiro atoms. The summed E-state index contributed by atoms with van der Waals surface area (Å²) in [4.78, 5) is 20.2. The minimum Gasteiger partial charge on any atom is -0.339 e. The van der Waals surface area contributed by atoms with Crippen molar-refractivity contribution in [2.45, 2.75) is 57.5 Å². The molecule has 2 aliphatic rings. The number of halogens is 2. The molecule has 1 saturated heterocycles. The van der Waals surface area contributed by atoms with E-state index >= 15 is 0 Å². The lowest BCUT2D eigenvalue weighted by Crippen LogP contribution is -2.33. The van der Waals surface area contributed by atoms with Gasteiger partial charge in [-0.3, -0.25) is 4.79 Å². The monoisotopic (exact) mass is 365 g/mol. The SMILES string of the molecule is CN(Cc1nc2c(s1)CCCC2)C(=O)CC1CCCN1.Cl.Cl. The first-order valence-electron chi connectivity index (χ1n) is 7.67. The molecule has 0 radical (unpaired) electrons. The molecule has 7 heteroatoms. The first-order chi connectivity index (χ1) is 9.72. The Morgan fingerprint density at radius 3 is 2.77 bits per heavy atom. The van der Waals surface area contributed by atoms with Crippen LogP contribution in [0.15, 0.2) is 0 Å². The molecule has 1 fully saturated rings. The maximum atomic E-state index is 12.2. The Kier molecular flexibility index (Phi) is 8.11. The smallest absolute Gasteiger partial charge is 0.224 e. The van der Waals surface area contributed by atoms with Gasteiger partial charge in [0.15, 0.2) is 0 Å². The molecular formula is C15H25Cl2N3OS. The standard InChI is InChI=1S/C15H23N3OS.2ClH/c1-18(15(19)9-11-5-4-8-16-11)10-14-17-12-6-2-3-7-13(12)20-14;;/h11,16H,2-10H2,1H3;2*1H. The average molecular weight is 366 g/mol. The van der Waals surface area contributed by atoms with Gasteiger partial charge >= 0.3 is 0 Å². The maximum absolute atomic E-state index is 12.2. The second-order valence-electron chi connectivity index (χ2n) is 5.93. The number of thiazole rings is 1. The summed E-state index contributed by atoms with van der Waals surface area (Å²) in [6.45, 7) is 1.73. The van der Waals surface area contributed by atoms with Crippen LogP contribution >= 0.6 is 36.2 Å². The van der Waals surface area contributed by atoms with Crippen molar-refractivity contribution in [2.75, 3.05) is 13.6 Å². The van der Waals surface area contributed by atoms with Crippen LogP contribution in [0.1, 0.15) is 47.7 Å². The van der Waals surface area contributed by atoms with Crippen molar-refractivity contribution in [1.29, 1.82) is 0 Å². The van der Waals surface area contributed by atoms with Crippen LogP contribution in [0, 0.1) is 0 Å². The highest BCUT2D eigenvalue weighted by molar-refractivity contribution is 7.11. The molecule has 1 N–H and O–H groups in total. The third-order valence-electron chi connectivity index (χ3n) is 4.27. The molecule has 0 aromatic carbocycles. The van der Waals surface area contributed by atoms with E-state index in [4.69, 9.17) is 4.98 Å². The zero-order valence-electron chi connectivity index (χ0n) is 13.0. The van der Waals surface area contributed by atoms with E-state index in [1.165, 1.54) is 36.3 Å². The highest BCUT2D eigenvalue weighted by atomic mass is 35.5. The zero-order valence-corrected chi connectivity index (χ0v) is 15.4. The molecule has 1 atom stereocenters. The number of hydrogen-bond donors (Lipinski definition) is 1. The van der Waals surface area contributed by atoms with Crippen molar-refractivity contribution < 1.29 is 4.79 Å². The van der Waals surface area contributed by atoms with Crippen molar-refractivity contribution in [3.63, 3.8) is 0 Å². The van der Waals surface area contributed by atoms with Gasteiger partial charge in [0.05, 0.1) is 12.2 Å². The number of carbonyl (C=O) groups excluding carboxylic acids is 1. The fraction of sp³-hybridized carbons (Fsp3) is 0.733. The number of hydrogen-bond acceptors (Lipinski definition) is 4. The van der Waals surface area contributed by atoms with Crippen LogP contribution in [-0.2, 0) is 24.2 Å². The van der Waals surface area contributed by atoms with E-state index < -0.39 is 0 Å². The summed E-state index contributed by atoms with van der Waals surface area (Å²) in [6, 6.07) is 0.384. The van der Waals surface area contributed by atoms with Crippen molar-refractivity contribution in [1.82, 2.24) is 15.2 Å². The van der Waals surface area contributed by atoms with E-state index in [2.05, 4.69) is 5.32 Å². The zero-order chi connectivity index (χ0) is 13.9. The van der Waals surface area contributed by atoms with E-state index in [1.54, 1.807) is 11.3 Å². The highest BCUT2D eigenvalue weighted by Gasteiger charge is 2.21. The molecule has 1 amide bonds. The quantitative estimate of drug-likeness (QED) is 0.891. The molecule has 3 rings (SSSR count). The van der Waals surface area contributed by atoms with Gasteiger partial charge in [0, 0.05) is 24.4 Å². The van der Waals surface area contributed by atoms with Crippen molar-refractivity contribution in [3.8, 4) is 0 Å². The van der Waals surface area contributed by atoms with E-state index in [-0.39, 0.29) is 30.7 Å². The summed E-state index contributed by atoms with van der Waals surface area (Å²) in [5.41, 5.74) is 1.29. The molecular weight excluding hydrogens is 341 g/mol. The summed E-state index contributed by atoms with van der Waals surface area (Å²) < 4.78 is 0. The predicted molar refractivity (Wildman–Crippen MR) is 95.4 cm³/mol. The number of amides is 1. The highest BCUT2D eigenvalue weighted by Crippen LogP contribution is 2.27. The minimum absolute atomic E-state index is 0. The summed E-state index contributed by atoms with van der Waals surface area (Å²) in [7, 11) is 1.90. The number of fused-ring (bicyclic) bond motifs is 1. The Hall–Kier alpha value is -0.360. The second kappa shape index (κ2) is 9.06. The lowest BCUT2D eigenvalue weighted by molar-refractivity contribution is -0.130. The van der Waals surface area contributed by atoms with Crippen molar-refractivity contribution >= 4 is 42.1 Å². The van der Waals surface area contributed by atoms with Gasteiger partial charge in [-0.1, -0.05) is 0 Å². The van der Waals surface area contributed by atoms with Crippen LogP contribution in [0.2, 0.25) is 0 Å². The minimum atomic E-state index is 0. The van der Waals surface area contributed by atoms with E-state index in [9.17, 15) is 4.79 Å². The summed E-state index contributed by atoms with van der Waals surface area (Å²) in [5, 5.41) is 4.49. The van der Waals surface area contributed by atoms with Crippen LogP contribution in [-0.4, -0.2) is 35.4 Å². The topological polar surface area (TPSA) is 45.2 Å². The molecule has 22 heavy (non-hydrogen) atoms. The Morgan fingerprint density at radius 2 is 2.09 bits per heavy atom. The second-order valence-corrected chi connectivity index (χ2v) is 7.10. The van der Waals surface area contributed by atoms with Gasteiger partial charge in [-0.2, -0.15) is 0 Å². The third-order valence-corrected chi connectivity index (χ3v) is 5.41. The predicted octanol–water partition coefficient (Wildman–Crippen LogP) is 2.97. The van der Waals surface area contributed by atoms with Crippen molar-refractivity contribution in [2.24, 2.45) is 0 Å². The van der Waals surface area contributed by atoms with Gasteiger partial charge in [-0.15, -0.1) is 36.2 Å². The molecule has 126 valence electrons. The molecule has 0 bridgehead atoms. The van der Waals surface area contributed by atoms with Crippen LogP contribution < -0.4 is 5.32 Å².